The zero-order chi connectivity index (χ0) is 16.5. The molecular formula is C19H17N5. The van der Waals surface area contributed by atoms with Gasteiger partial charge in [0.15, 0.2) is 17.0 Å². The Hall–Kier alpha value is -3.21. The normalized spacial score (nSPS) is 10.9. The number of rotatable bonds is 3. The number of aryl methyl sites for hydroxylation is 1. The topological polar surface area (TPSA) is 55.6 Å². The Morgan fingerprint density at radius 1 is 0.833 bits per heavy atom. The maximum atomic E-state index is 4.85. The highest BCUT2D eigenvalue weighted by Gasteiger charge is 2.18. The molecule has 118 valence electrons. The molecule has 4 aromatic rings. The number of aromatic nitrogens is 4. The molecule has 5 heteroatoms. The quantitative estimate of drug-likeness (QED) is 0.624. The van der Waals surface area contributed by atoms with Gasteiger partial charge in [-0.15, -0.1) is 0 Å². The first-order chi connectivity index (χ1) is 11.8. The molecule has 0 aliphatic carbocycles. The van der Waals surface area contributed by atoms with Crippen LogP contribution in [0.2, 0.25) is 0 Å². The lowest BCUT2D eigenvalue weighted by molar-refractivity contribution is 1.03. The lowest BCUT2D eigenvalue weighted by Crippen LogP contribution is -2.01. The molecule has 0 aliphatic rings. The smallest absolute Gasteiger partial charge is 0.170 e. The minimum absolute atomic E-state index is 0.712. The van der Waals surface area contributed by atoms with Crippen molar-refractivity contribution in [2.24, 2.45) is 0 Å². The Morgan fingerprint density at radius 3 is 2.17 bits per heavy atom. The van der Waals surface area contributed by atoms with Crippen molar-refractivity contribution < 1.29 is 0 Å². The van der Waals surface area contributed by atoms with Gasteiger partial charge in [0.2, 0.25) is 0 Å². The molecule has 4 rings (SSSR count). The molecule has 24 heavy (non-hydrogen) atoms. The number of hydrogen-bond donors (Lipinski definition) is 1. The highest BCUT2D eigenvalue weighted by molar-refractivity contribution is 5.88. The molecule has 0 aliphatic heterocycles. The molecule has 0 fully saturated rings. The molecule has 0 saturated heterocycles. The summed E-state index contributed by atoms with van der Waals surface area (Å²) in [4.78, 5) is 14.0. The van der Waals surface area contributed by atoms with Crippen molar-refractivity contribution in [1.29, 1.82) is 0 Å². The van der Waals surface area contributed by atoms with Crippen molar-refractivity contribution in [2.75, 3.05) is 12.4 Å². The Balaban J connectivity index is 2.11. The van der Waals surface area contributed by atoms with E-state index in [4.69, 9.17) is 4.98 Å². The van der Waals surface area contributed by atoms with E-state index in [2.05, 4.69) is 44.1 Å². The summed E-state index contributed by atoms with van der Waals surface area (Å²) in [5.41, 5.74) is 3.64. The van der Waals surface area contributed by atoms with Crippen LogP contribution in [0, 0.1) is 6.92 Å². The largest absolute Gasteiger partial charge is 0.371 e. The zero-order valence-corrected chi connectivity index (χ0v) is 13.6. The van der Waals surface area contributed by atoms with Crippen LogP contribution in [-0.4, -0.2) is 26.6 Å². The average Bonchev–Trinajstić information content (AvgIpc) is 3.01. The monoisotopic (exact) mass is 315 g/mol. The van der Waals surface area contributed by atoms with Gasteiger partial charge in [0.1, 0.15) is 11.6 Å². The van der Waals surface area contributed by atoms with Crippen LogP contribution in [0.1, 0.15) is 5.82 Å². The first kappa shape index (κ1) is 14.4. The van der Waals surface area contributed by atoms with E-state index in [-0.39, 0.29) is 0 Å². The van der Waals surface area contributed by atoms with Gasteiger partial charge >= 0.3 is 0 Å². The van der Waals surface area contributed by atoms with E-state index in [1.165, 1.54) is 0 Å². The minimum Gasteiger partial charge on any atom is -0.371 e. The minimum atomic E-state index is 0.712. The molecule has 0 atom stereocenters. The molecule has 5 nitrogen and oxygen atoms in total. The fraction of sp³-hybridized carbons (Fsp3) is 0.105. The van der Waals surface area contributed by atoms with Crippen molar-refractivity contribution in [3.8, 4) is 17.1 Å². The third-order valence-corrected chi connectivity index (χ3v) is 3.90. The molecule has 0 spiro atoms. The van der Waals surface area contributed by atoms with Gasteiger partial charge in [0.25, 0.3) is 0 Å². The molecule has 0 bridgehead atoms. The summed E-state index contributed by atoms with van der Waals surface area (Å²) in [5, 5.41) is 3.13. The maximum Gasteiger partial charge on any atom is 0.170 e. The Kier molecular flexibility index (Phi) is 3.46. The molecule has 0 unspecified atom stereocenters. The van der Waals surface area contributed by atoms with E-state index in [0.29, 0.717) is 5.82 Å². The molecule has 2 aromatic carbocycles. The molecule has 0 saturated carbocycles. The van der Waals surface area contributed by atoms with E-state index < -0.39 is 0 Å². The van der Waals surface area contributed by atoms with Crippen LogP contribution in [-0.2, 0) is 0 Å². The van der Waals surface area contributed by atoms with E-state index in [0.717, 1.165) is 34.1 Å². The Labute approximate surface area is 140 Å². The van der Waals surface area contributed by atoms with E-state index in [1.807, 2.05) is 50.4 Å². The second-order valence-electron chi connectivity index (χ2n) is 5.51. The van der Waals surface area contributed by atoms with Gasteiger partial charge in [0, 0.05) is 18.3 Å². The summed E-state index contributed by atoms with van der Waals surface area (Å²) < 4.78 is 2.08. The van der Waals surface area contributed by atoms with Crippen LogP contribution < -0.4 is 5.32 Å². The van der Waals surface area contributed by atoms with Gasteiger partial charge in [0.05, 0.1) is 0 Å². The number of para-hydroxylation sites is 1. The zero-order valence-electron chi connectivity index (χ0n) is 13.6. The summed E-state index contributed by atoms with van der Waals surface area (Å²) in [5.74, 6) is 2.31. The maximum absolute atomic E-state index is 4.85. The number of hydrogen-bond acceptors (Lipinski definition) is 4. The summed E-state index contributed by atoms with van der Waals surface area (Å²) in [7, 11) is 1.85. The third kappa shape index (κ3) is 2.31. The lowest BCUT2D eigenvalue weighted by atomic mass is 10.2. The predicted molar refractivity (Wildman–Crippen MR) is 96.4 cm³/mol. The summed E-state index contributed by atoms with van der Waals surface area (Å²) >= 11 is 0. The molecular weight excluding hydrogens is 298 g/mol. The van der Waals surface area contributed by atoms with Crippen molar-refractivity contribution in [3.63, 3.8) is 0 Å². The number of anilines is 1. The van der Waals surface area contributed by atoms with Crippen LogP contribution in [0.5, 0.6) is 0 Å². The summed E-state index contributed by atoms with van der Waals surface area (Å²) in [6, 6.07) is 20.3. The lowest BCUT2D eigenvalue weighted by Gasteiger charge is -2.09. The van der Waals surface area contributed by atoms with Crippen molar-refractivity contribution in [2.45, 2.75) is 6.92 Å². The van der Waals surface area contributed by atoms with Crippen LogP contribution >= 0.6 is 0 Å². The first-order valence-electron chi connectivity index (χ1n) is 7.83. The average molecular weight is 315 g/mol. The number of imidazole rings is 1. The second-order valence-corrected chi connectivity index (χ2v) is 5.51. The van der Waals surface area contributed by atoms with Gasteiger partial charge in [-0.25, -0.2) is 15.0 Å². The molecule has 1 N–H and O–H groups in total. The van der Waals surface area contributed by atoms with Crippen molar-refractivity contribution >= 4 is 17.0 Å². The SMILES string of the molecule is CNc1nc(C)nc2c1nc(-c1ccccc1)n2-c1ccccc1. The fourth-order valence-electron chi connectivity index (χ4n) is 2.84. The predicted octanol–water partition coefficient (Wildman–Crippen LogP) is 3.83. The Morgan fingerprint density at radius 2 is 1.50 bits per heavy atom. The van der Waals surface area contributed by atoms with Crippen LogP contribution in [0.3, 0.4) is 0 Å². The van der Waals surface area contributed by atoms with Gasteiger partial charge < -0.3 is 5.32 Å². The second kappa shape index (κ2) is 5.77. The van der Waals surface area contributed by atoms with Crippen molar-refractivity contribution in [1.82, 2.24) is 19.5 Å². The van der Waals surface area contributed by atoms with E-state index >= 15 is 0 Å². The van der Waals surface area contributed by atoms with Crippen LogP contribution in [0.15, 0.2) is 60.7 Å². The third-order valence-electron chi connectivity index (χ3n) is 3.90. The van der Waals surface area contributed by atoms with E-state index in [1.54, 1.807) is 0 Å². The van der Waals surface area contributed by atoms with Gasteiger partial charge in [-0.1, -0.05) is 48.5 Å². The molecule has 2 aromatic heterocycles. The Bertz CT molecular complexity index is 991. The highest BCUT2D eigenvalue weighted by atomic mass is 15.2. The van der Waals surface area contributed by atoms with Gasteiger partial charge in [-0.2, -0.15) is 0 Å². The van der Waals surface area contributed by atoms with Crippen molar-refractivity contribution in [3.05, 3.63) is 66.5 Å². The van der Waals surface area contributed by atoms with Gasteiger partial charge in [-0.05, 0) is 19.1 Å². The number of fused-ring (bicyclic) bond motifs is 1. The number of nitrogens with one attached hydrogen (secondary N) is 1. The summed E-state index contributed by atoms with van der Waals surface area (Å²) in [6.45, 7) is 1.89. The van der Waals surface area contributed by atoms with Crippen LogP contribution in [0.25, 0.3) is 28.2 Å². The highest BCUT2D eigenvalue weighted by Crippen LogP contribution is 2.30. The number of nitrogens with zero attached hydrogens (tertiary/aromatic N) is 4. The van der Waals surface area contributed by atoms with Crippen LogP contribution in [0.4, 0.5) is 5.82 Å². The van der Waals surface area contributed by atoms with E-state index in [9.17, 15) is 0 Å². The standard InChI is InChI=1S/C19H17N5/c1-13-21-17(20-2)16-19(22-13)24(15-11-7-4-8-12-15)18(23-16)14-9-5-3-6-10-14/h3-12H,1-2H3,(H,20,21,22). The summed E-state index contributed by atoms with van der Waals surface area (Å²) in [6.07, 6.45) is 0. The first-order valence-corrected chi connectivity index (χ1v) is 7.83. The molecule has 2 heterocycles. The number of benzene rings is 2. The van der Waals surface area contributed by atoms with Gasteiger partial charge in [-0.3, -0.25) is 4.57 Å². The molecule has 0 amide bonds. The molecule has 0 radical (unpaired) electrons. The fourth-order valence-corrected chi connectivity index (χ4v) is 2.84.